The molecule has 2 amide bonds. The Morgan fingerprint density at radius 1 is 0.679 bits per heavy atom. The smallest absolute Gasteiger partial charge is 0.356 e. The molecule has 2 aliphatic heterocycles. The van der Waals surface area contributed by atoms with Gasteiger partial charge >= 0.3 is 11.9 Å². The monoisotopic (exact) mass is 1190 g/mol. The van der Waals surface area contributed by atoms with Crippen molar-refractivity contribution in [3.05, 3.63) is 274 Å². The molecule has 3 atom stereocenters. The van der Waals surface area contributed by atoms with Crippen LogP contribution in [0.2, 0.25) is 0 Å². The van der Waals surface area contributed by atoms with Gasteiger partial charge in [-0.15, -0.1) is 11.3 Å². The molecule has 0 radical (unpaired) electrons. The number of thiazole rings is 1. The molecule has 13 nitrogen and oxygen atoms in total. The lowest BCUT2D eigenvalue weighted by Crippen LogP contribution is -2.74. The van der Waals surface area contributed by atoms with Gasteiger partial charge in [-0.2, -0.15) is 0 Å². The predicted octanol–water partition coefficient (Wildman–Crippen LogP) is 10.8. The number of nitrogens with one attached hydrogen (secondary N) is 2. The van der Waals surface area contributed by atoms with Crippen LogP contribution in [0.15, 0.2) is 234 Å². The van der Waals surface area contributed by atoms with Crippen molar-refractivity contribution >= 4 is 79.3 Å². The zero-order chi connectivity index (χ0) is 54.2. The number of carbonyl (C=O) groups excluding carboxylic acids is 4. The van der Waals surface area contributed by atoms with Crippen molar-refractivity contribution in [3.8, 4) is 0 Å². The number of nitrogens with zero attached hydrogens (tertiary/aromatic N) is 3. The van der Waals surface area contributed by atoms with E-state index in [2.05, 4.69) is 38.4 Å². The van der Waals surface area contributed by atoms with Gasteiger partial charge in [-0.1, -0.05) is 240 Å². The first-order valence-corrected chi connectivity index (χ1v) is 28.8. The first-order valence-electron chi connectivity index (χ1n) is 25.0. The highest BCUT2D eigenvalue weighted by molar-refractivity contribution is 14.1. The van der Waals surface area contributed by atoms with Crippen LogP contribution in [-0.4, -0.2) is 70.8 Å². The molecule has 0 aliphatic carbocycles. The summed E-state index contributed by atoms with van der Waals surface area (Å²) in [4.78, 5) is 70.5. The third-order valence-electron chi connectivity index (χ3n) is 13.4. The molecule has 10 rings (SSSR count). The lowest BCUT2D eigenvalue weighted by atomic mass is 9.77. The van der Waals surface area contributed by atoms with Crippen LogP contribution in [0.4, 0.5) is 5.13 Å². The SMILES string of the molecule is CC(C)(O/N=C(/C(=O)NC1C(=O)N2C(C(=O)OC(c3ccccc3)c3ccccc3)=C(CI)CS(=O)[C@H]12)c1csc(NC(c2ccccc2)(c2ccccc2)c2ccccc2)n1)C(=O)OC(c1ccccc1)c1ccccc1. The number of β-lactam (4-membered cyclic amide) rings is 1. The number of halogens is 1. The third kappa shape index (κ3) is 11.1. The van der Waals surface area contributed by atoms with Crippen LogP contribution in [0.5, 0.6) is 0 Å². The summed E-state index contributed by atoms with van der Waals surface area (Å²) in [5.74, 6) is -3.20. The van der Waals surface area contributed by atoms with Gasteiger partial charge in [-0.25, -0.2) is 14.6 Å². The lowest BCUT2D eigenvalue weighted by Gasteiger charge is -2.49. The lowest BCUT2D eigenvalue weighted by molar-refractivity contribution is -0.172. The average Bonchev–Trinajstić information content (AvgIpc) is 4.09. The summed E-state index contributed by atoms with van der Waals surface area (Å²) in [5.41, 5.74) is 2.91. The number of hydrogen-bond donors (Lipinski definition) is 2. The van der Waals surface area contributed by atoms with Crippen molar-refractivity contribution < 1.29 is 37.7 Å². The van der Waals surface area contributed by atoms with Crippen molar-refractivity contribution in [2.45, 2.75) is 48.6 Å². The molecule has 3 heterocycles. The molecular formula is C62H52IN5O8S2. The summed E-state index contributed by atoms with van der Waals surface area (Å²) in [5, 5.41) is 11.7. The Hall–Kier alpha value is -8.06. The molecule has 2 unspecified atom stereocenters. The average molecular weight is 1190 g/mol. The molecule has 78 heavy (non-hydrogen) atoms. The summed E-state index contributed by atoms with van der Waals surface area (Å²) in [6.07, 6.45) is -1.63. The van der Waals surface area contributed by atoms with Crippen LogP contribution in [0.3, 0.4) is 0 Å². The van der Waals surface area contributed by atoms with E-state index in [0.29, 0.717) is 21.8 Å². The fourth-order valence-electron chi connectivity index (χ4n) is 9.52. The Morgan fingerprint density at radius 3 is 1.54 bits per heavy atom. The number of carbonyl (C=O) groups is 4. The fourth-order valence-corrected chi connectivity index (χ4v) is 13.0. The highest BCUT2D eigenvalue weighted by atomic mass is 127. The van der Waals surface area contributed by atoms with E-state index < -0.39 is 75.0 Å². The van der Waals surface area contributed by atoms with E-state index in [1.165, 1.54) is 30.1 Å². The van der Waals surface area contributed by atoms with Crippen molar-refractivity contribution in [1.82, 2.24) is 15.2 Å². The number of alkyl halides is 1. The van der Waals surface area contributed by atoms with Crippen LogP contribution in [0, 0.1) is 0 Å². The van der Waals surface area contributed by atoms with Crippen molar-refractivity contribution in [2.24, 2.45) is 5.16 Å². The number of hydrogen-bond acceptors (Lipinski definition) is 12. The first-order chi connectivity index (χ1) is 38.0. The molecular weight excluding hydrogens is 1130 g/mol. The second kappa shape index (κ2) is 23.7. The van der Waals surface area contributed by atoms with Crippen LogP contribution < -0.4 is 10.6 Å². The van der Waals surface area contributed by atoms with Gasteiger partial charge in [0.1, 0.15) is 28.3 Å². The summed E-state index contributed by atoms with van der Waals surface area (Å²) in [6.45, 7) is 2.94. The van der Waals surface area contributed by atoms with Gasteiger partial charge in [-0.05, 0) is 58.4 Å². The Bertz CT molecular complexity index is 3330. The van der Waals surface area contributed by atoms with Gasteiger partial charge in [0.25, 0.3) is 11.8 Å². The molecule has 0 spiro atoms. The maximum atomic E-state index is 15.0. The maximum absolute atomic E-state index is 15.0. The van der Waals surface area contributed by atoms with E-state index in [0.717, 1.165) is 27.8 Å². The minimum atomic E-state index is -1.80. The molecule has 16 heteroatoms. The third-order valence-corrected chi connectivity index (χ3v) is 16.8. The number of ether oxygens (including phenoxy) is 2. The Kier molecular flexibility index (Phi) is 16.2. The number of amides is 2. The summed E-state index contributed by atoms with van der Waals surface area (Å²) < 4.78 is 26.9. The van der Waals surface area contributed by atoms with Gasteiger partial charge in [0.2, 0.25) is 5.60 Å². The standard InChI is InChI=1S/C62H52IN5O8S2/c1-61(2,59(72)75-54(43-28-14-5-15-29-43)44-30-16-6-17-31-44)76-67-50(49-39-77-60(64-49)66-62(46-32-18-7-19-33-46,47-34-20-8-21-35-47)48-36-22-9-23-37-48)55(69)65-51-56(70)68-52(45(38-63)40-78(73)57(51)68)58(71)74-53(41-24-10-3-11-25-41)42-26-12-4-13-27-42/h3-37,39,51,53-54,57H,38,40H2,1-2H3,(H,64,66)(H,65,69)/b67-50+/t51?,57-,78?/m1/s1. The van der Waals surface area contributed by atoms with Gasteiger partial charge in [0.15, 0.2) is 23.1 Å². The summed E-state index contributed by atoms with van der Waals surface area (Å²) in [6, 6.07) is 65.5. The molecule has 7 aromatic carbocycles. The normalized spacial score (nSPS) is 16.5. The second-order valence-electron chi connectivity index (χ2n) is 18.9. The maximum Gasteiger partial charge on any atom is 0.356 e. The molecule has 0 bridgehead atoms. The van der Waals surface area contributed by atoms with Crippen LogP contribution >= 0.6 is 33.9 Å². The number of fused-ring (bicyclic) bond motifs is 1. The van der Waals surface area contributed by atoms with Crippen LogP contribution in [0.1, 0.15) is 70.7 Å². The molecule has 392 valence electrons. The topological polar surface area (TPSA) is 166 Å². The minimum Gasteiger partial charge on any atom is -0.450 e. The Morgan fingerprint density at radius 2 is 1.10 bits per heavy atom. The number of esters is 2. The highest BCUT2D eigenvalue weighted by Gasteiger charge is 2.58. The van der Waals surface area contributed by atoms with Gasteiger partial charge in [0, 0.05) is 9.81 Å². The van der Waals surface area contributed by atoms with Crippen molar-refractivity contribution in [1.29, 1.82) is 0 Å². The number of rotatable bonds is 19. The van der Waals surface area contributed by atoms with Crippen molar-refractivity contribution in [3.63, 3.8) is 0 Å². The molecule has 8 aromatic rings. The van der Waals surface area contributed by atoms with Gasteiger partial charge in [0.05, 0.1) is 16.6 Å². The van der Waals surface area contributed by atoms with Crippen LogP contribution in [0.25, 0.3) is 0 Å². The molecule has 1 saturated heterocycles. The Labute approximate surface area is 472 Å². The van der Waals surface area contributed by atoms with E-state index in [4.69, 9.17) is 19.3 Å². The summed E-state index contributed by atoms with van der Waals surface area (Å²) in [7, 11) is -1.76. The number of aromatic nitrogens is 1. The number of anilines is 1. The zero-order valence-corrected chi connectivity index (χ0v) is 46.1. The van der Waals surface area contributed by atoms with E-state index in [9.17, 15) is 23.4 Å². The predicted molar refractivity (Wildman–Crippen MR) is 310 cm³/mol. The Balaban J connectivity index is 0.981. The largest absolute Gasteiger partial charge is 0.450 e. The van der Waals surface area contributed by atoms with Gasteiger partial charge in [-0.3, -0.25) is 18.7 Å². The quantitative estimate of drug-likeness (QED) is 0.0151. The number of benzene rings is 7. The molecule has 2 aliphatic rings. The second-order valence-corrected chi connectivity index (χ2v) is 22.1. The van der Waals surface area contributed by atoms with E-state index in [-0.39, 0.29) is 21.6 Å². The number of oxime groups is 1. The molecule has 1 aromatic heterocycles. The molecule has 1 fully saturated rings. The van der Waals surface area contributed by atoms with E-state index in [1.54, 1.807) is 5.38 Å². The zero-order valence-electron chi connectivity index (χ0n) is 42.3. The minimum absolute atomic E-state index is 0.0166. The van der Waals surface area contributed by atoms with E-state index in [1.807, 2.05) is 212 Å². The summed E-state index contributed by atoms with van der Waals surface area (Å²) >= 11 is 3.28. The van der Waals surface area contributed by atoms with E-state index >= 15 is 0 Å². The first kappa shape index (κ1) is 53.3. The van der Waals surface area contributed by atoms with Gasteiger partial charge < -0.3 is 24.9 Å². The van der Waals surface area contributed by atoms with Crippen LogP contribution in [-0.2, 0) is 49.8 Å². The highest BCUT2D eigenvalue weighted by Crippen LogP contribution is 2.42. The van der Waals surface area contributed by atoms with Crippen molar-refractivity contribution in [2.75, 3.05) is 15.5 Å². The fraction of sp³-hybridized carbons (Fsp3) is 0.161. The molecule has 0 saturated carbocycles. The molecule has 2 N–H and O–H groups in total.